The second-order valence-electron chi connectivity index (χ2n) is 13.2. The van der Waals surface area contributed by atoms with E-state index in [9.17, 15) is 66.1 Å². The van der Waals surface area contributed by atoms with E-state index in [-0.39, 0.29) is 24.3 Å². The van der Waals surface area contributed by atoms with Crippen molar-refractivity contribution in [3.63, 3.8) is 0 Å². The average Bonchev–Trinajstić information content (AvgIpc) is 3.16. The summed E-state index contributed by atoms with van der Waals surface area (Å²) < 4.78 is 41.1. The van der Waals surface area contributed by atoms with Crippen molar-refractivity contribution in [2.75, 3.05) is 19.8 Å². The zero-order chi connectivity index (χ0) is 40.1. The number of benzene rings is 2. The molecule has 0 bridgehead atoms. The molecule has 3 aliphatic rings. The number of carbonyl (C=O) groups is 1. The number of phenolic OH excluding ortho intramolecular Hbond substituents is 4. The molecule has 0 radical (unpaired) electrons. The van der Waals surface area contributed by atoms with E-state index in [1.54, 1.807) is 0 Å². The molecule has 3 aliphatic heterocycles. The number of aliphatic hydroxyl groups excluding tert-OH is 8. The van der Waals surface area contributed by atoms with Gasteiger partial charge in [-0.3, -0.25) is 0 Å². The number of esters is 1. The summed E-state index contributed by atoms with van der Waals surface area (Å²) in [6.07, 6.45) is -23.3. The van der Waals surface area contributed by atoms with Crippen molar-refractivity contribution in [2.24, 2.45) is 0 Å². The smallest absolute Gasteiger partial charge is 0.331 e. The van der Waals surface area contributed by atoms with Crippen LogP contribution in [0, 0.1) is 0 Å². The van der Waals surface area contributed by atoms with Crippen molar-refractivity contribution >= 4 is 12.0 Å². The molecule has 3 fully saturated rings. The minimum Gasteiger partial charge on any atom is -0.504 e. The van der Waals surface area contributed by atoms with Crippen LogP contribution in [0.4, 0.5) is 0 Å². The Balaban J connectivity index is 1.50. The maximum absolute atomic E-state index is 13.3. The predicted molar refractivity (Wildman–Crippen MR) is 180 cm³/mol. The lowest BCUT2D eigenvalue weighted by atomic mass is 9.96. The van der Waals surface area contributed by atoms with Gasteiger partial charge in [0, 0.05) is 6.08 Å². The molecule has 3 heterocycles. The van der Waals surface area contributed by atoms with Crippen LogP contribution in [0.25, 0.3) is 6.08 Å². The van der Waals surface area contributed by atoms with Gasteiger partial charge in [0.1, 0.15) is 61.0 Å². The monoisotopic (exact) mass is 786 g/mol. The Labute approximate surface area is 313 Å². The van der Waals surface area contributed by atoms with Gasteiger partial charge in [0.15, 0.2) is 48.0 Å². The minimum absolute atomic E-state index is 0.0812. The van der Waals surface area contributed by atoms with Crippen molar-refractivity contribution in [2.45, 2.75) is 105 Å². The Morgan fingerprint density at radius 3 is 1.87 bits per heavy atom. The first-order valence-electron chi connectivity index (χ1n) is 17.2. The van der Waals surface area contributed by atoms with E-state index >= 15 is 0 Å². The van der Waals surface area contributed by atoms with E-state index in [2.05, 4.69) is 0 Å². The Morgan fingerprint density at radius 2 is 1.24 bits per heavy atom. The van der Waals surface area contributed by atoms with Gasteiger partial charge in [-0.05, 0) is 54.8 Å². The number of aromatic hydroxyl groups is 4. The third kappa shape index (κ3) is 9.82. The zero-order valence-electron chi connectivity index (χ0n) is 29.2. The Bertz CT molecular complexity index is 1610. The van der Waals surface area contributed by atoms with Gasteiger partial charge in [0.05, 0.1) is 25.9 Å². The van der Waals surface area contributed by atoms with E-state index in [0.717, 1.165) is 12.1 Å². The maximum Gasteiger partial charge on any atom is 0.331 e. The van der Waals surface area contributed by atoms with E-state index in [1.165, 1.54) is 43.3 Å². The molecule has 2 aromatic carbocycles. The molecule has 0 unspecified atom stereocenters. The number of hydrogen-bond donors (Lipinski definition) is 12. The fraction of sp³-hybridized carbons (Fsp3) is 0.571. The van der Waals surface area contributed by atoms with Crippen LogP contribution in [0.5, 0.6) is 23.0 Å². The number of rotatable bonds is 13. The molecule has 20 nitrogen and oxygen atoms in total. The van der Waals surface area contributed by atoms with Gasteiger partial charge < -0.3 is 94.4 Å². The van der Waals surface area contributed by atoms with Gasteiger partial charge in [-0.25, -0.2) is 4.79 Å². The van der Waals surface area contributed by atoms with Gasteiger partial charge in [0.2, 0.25) is 0 Å². The number of ether oxygens (including phenoxy) is 7. The highest BCUT2D eigenvalue weighted by molar-refractivity contribution is 5.87. The standard InChI is InChI=1S/C35H46O20/c1-14-24(43)26(45)28(47)33(50-14)54-31-30(53-23(42)7-4-15-2-5-17(38)19(40)10-15)22(13-37)52-35(49-9-8-16-3-6-18(39)20(41)11-16)32(31)55-34-29(48)27(46)25(44)21(12-36)51-34/h2-7,10-11,14,21-22,24-41,43-48H,8-9,12-13H2,1H3/b7-4-/t14-,21-,22+,24-,25+,26+,27-,28-,29+,30+,31-,32+,33-,34+,35-/m0/s1. The van der Waals surface area contributed by atoms with Crippen molar-refractivity contribution in [3.05, 3.63) is 53.6 Å². The molecule has 0 amide bonds. The third-order valence-corrected chi connectivity index (χ3v) is 9.39. The van der Waals surface area contributed by atoms with Crippen LogP contribution < -0.4 is 0 Å². The van der Waals surface area contributed by atoms with E-state index in [4.69, 9.17) is 33.2 Å². The lowest BCUT2D eigenvalue weighted by Gasteiger charge is -2.49. The molecule has 15 atom stereocenters. The number of aliphatic hydroxyl groups is 8. The molecule has 20 heteroatoms. The predicted octanol–water partition coefficient (Wildman–Crippen LogP) is -3.19. The second-order valence-corrected chi connectivity index (χ2v) is 13.2. The van der Waals surface area contributed by atoms with Crippen LogP contribution in [-0.2, 0) is 44.4 Å². The van der Waals surface area contributed by atoms with Gasteiger partial charge in [-0.1, -0.05) is 12.1 Å². The molecular formula is C35H46O20. The van der Waals surface area contributed by atoms with Gasteiger partial charge in [-0.2, -0.15) is 0 Å². The van der Waals surface area contributed by atoms with Crippen LogP contribution in [-0.4, -0.2) is 179 Å². The lowest BCUT2D eigenvalue weighted by Crippen LogP contribution is -2.67. The quantitative estimate of drug-likeness (QED) is 0.0541. The molecule has 3 saturated heterocycles. The fourth-order valence-electron chi connectivity index (χ4n) is 6.22. The van der Waals surface area contributed by atoms with E-state index in [1.807, 2.05) is 0 Å². The number of phenols is 4. The largest absolute Gasteiger partial charge is 0.504 e. The average molecular weight is 787 g/mol. The van der Waals surface area contributed by atoms with Crippen molar-refractivity contribution < 1.29 is 99.2 Å². The zero-order valence-corrected chi connectivity index (χ0v) is 29.2. The Kier molecular flexibility index (Phi) is 14.3. The summed E-state index contributed by atoms with van der Waals surface area (Å²) >= 11 is 0. The summed E-state index contributed by atoms with van der Waals surface area (Å²) in [7, 11) is 0. The molecular weight excluding hydrogens is 740 g/mol. The molecule has 2 aromatic rings. The van der Waals surface area contributed by atoms with Gasteiger partial charge >= 0.3 is 5.97 Å². The minimum atomic E-state index is -1.98. The summed E-state index contributed by atoms with van der Waals surface area (Å²) in [5, 5.41) is 123. The first-order chi connectivity index (χ1) is 26.1. The van der Waals surface area contributed by atoms with Crippen LogP contribution >= 0.6 is 0 Å². The number of carbonyl (C=O) groups excluding carboxylic acids is 1. The molecule has 0 aliphatic carbocycles. The topological polar surface area (TPSA) is 324 Å². The normalized spacial score (nSPS) is 36.9. The van der Waals surface area contributed by atoms with Crippen molar-refractivity contribution in [1.29, 1.82) is 0 Å². The van der Waals surface area contributed by atoms with E-state index < -0.39 is 129 Å². The molecule has 55 heavy (non-hydrogen) atoms. The number of hydrogen-bond acceptors (Lipinski definition) is 20. The van der Waals surface area contributed by atoms with Crippen LogP contribution in [0.2, 0.25) is 0 Å². The molecule has 306 valence electrons. The van der Waals surface area contributed by atoms with Crippen molar-refractivity contribution in [3.8, 4) is 23.0 Å². The maximum atomic E-state index is 13.3. The molecule has 0 aromatic heterocycles. The lowest BCUT2D eigenvalue weighted by molar-refractivity contribution is -0.390. The van der Waals surface area contributed by atoms with Crippen LogP contribution in [0.1, 0.15) is 18.1 Å². The summed E-state index contributed by atoms with van der Waals surface area (Å²) in [4.78, 5) is 13.3. The summed E-state index contributed by atoms with van der Waals surface area (Å²) in [5.41, 5.74) is 0.753. The van der Waals surface area contributed by atoms with Gasteiger partial charge in [-0.15, -0.1) is 0 Å². The summed E-state index contributed by atoms with van der Waals surface area (Å²) in [6, 6.07) is 7.72. The third-order valence-electron chi connectivity index (χ3n) is 9.39. The molecule has 5 rings (SSSR count). The SMILES string of the molecule is C[C@@H]1O[C@@H](O[C@@H]2[C@@H](O[C@H]3O[C@@H](CO)[C@@H](O)[C@H](O)[C@H]3O)[C@@H](OCCc3ccc(O)c(O)c3)O[C@H](CO)[C@H]2OC(=O)/C=C\c2ccc(O)c(O)c2)[C@@H](O)[C@H](O)[C@H]1O. The molecule has 0 spiro atoms. The first-order valence-corrected chi connectivity index (χ1v) is 17.2. The molecule has 12 N–H and O–H groups in total. The van der Waals surface area contributed by atoms with Crippen LogP contribution in [0.15, 0.2) is 42.5 Å². The first kappa shape index (κ1) is 42.4. The second kappa shape index (κ2) is 18.5. The van der Waals surface area contributed by atoms with Crippen LogP contribution in [0.3, 0.4) is 0 Å². The Morgan fingerprint density at radius 1 is 0.655 bits per heavy atom. The highest BCUT2D eigenvalue weighted by Crippen LogP contribution is 2.36. The summed E-state index contributed by atoms with van der Waals surface area (Å²) in [5.74, 6) is -2.74. The molecule has 0 saturated carbocycles. The summed E-state index contributed by atoms with van der Waals surface area (Å²) in [6.45, 7) is -0.540. The highest BCUT2D eigenvalue weighted by atomic mass is 16.8. The van der Waals surface area contributed by atoms with E-state index in [0.29, 0.717) is 5.56 Å². The van der Waals surface area contributed by atoms with Crippen molar-refractivity contribution in [1.82, 2.24) is 0 Å². The van der Waals surface area contributed by atoms with Gasteiger partial charge in [0.25, 0.3) is 0 Å². The highest BCUT2D eigenvalue weighted by Gasteiger charge is 2.55. The fourth-order valence-corrected chi connectivity index (χ4v) is 6.22. The Hall–Kier alpha value is -3.71.